The van der Waals surface area contributed by atoms with Crippen LogP contribution in [-0.4, -0.2) is 23.9 Å². The van der Waals surface area contributed by atoms with Gasteiger partial charge in [-0.15, -0.1) is 0 Å². The summed E-state index contributed by atoms with van der Waals surface area (Å²) in [6, 6.07) is 14.1. The van der Waals surface area contributed by atoms with Crippen LogP contribution in [0.2, 0.25) is 5.02 Å². The highest BCUT2D eigenvalue weighted by atomic mass is 35.5. The maximum atomic E-state index is 12.7. The normalized spacial score (nSPS) is 18.1. The van der Waals surface area contributed by atoms with Crippen LogP contribution in [0.5, 0.6) is 0 Å². The van der Waals surface area contributed by atoms with Crippen LogP contribution in [0.1, 0.15) is 29.5 Å². The summed E-state index contributed by atoms with van der Waals surface area (Å²) < 4.78 is 0. The predicted octanol–water partition coefficient (Wildman–Crippen LogP) is 4.81. The van der Waals surface area contributed by atoms with E-state index in [1.807, 2.05) is 37.3 Å². The molecule has 0 aromatic heterocycles. The molecule has 1 saturated heterocycles. The molecule has 3 nitrogen and oxygen atoms in total. The quantitative estimate of drug-likeness (QED) is 0.852. The van der Waals surface area contributed by atoms with E-state index >= 15 is 0 Å². The first kappa shape index (κ1) is 18.0. The van der Waals surface area contributed by atoms with Gasteiger partial charge < -0.3 is 5.32 Å². The third-order valence-corrected chi connectivity index (χ3v) is 5.24. The number of benzene rings is 2. The van der Waals surface area contributed by atoms with E-state index in [1.54, 1.807) is 0 Å². The molecule has 0 bridgehead atoms. The van der Waals surface area contributed by atoms with Gasteiger partial charge in [-0.05, 0) is 56.5 Å². The summed E-state index contributed by atoms with van der Waals surface area (Å²) in [5.41, 5.74) is 4.36. The summed E-state index contributed by atoms with van der Waals surface area (Å²) >= 11 is 6.27. The first-order valence-corrected chi connectivity index (χ1v) is 9.24. The number of piperidine rings is 1. The number of nitrogens with one attached hydrogen (secondary N) is 1. The zero-order valence-corrected chi connectivity index (χ0v) is 15.6. The summed E-state index contributed by atoms with van der Waals surface area (Å²) in [6.45, 7) is 6.69. The Bertz CT molecular complexity index is 759. The summed E-state index contributed by atoms with van der Waals surface area (Å²) in [5.74, 6) is 0.146. The second kappa shape index (κ2) is 8.03. The van der Waals surface area contributed by atoms with E-state index in [0.29, 0.717) is 0 Å². The third-order valence-electron chi connectivity index (χ3n) is 4.87. The van der Waals surface area contributed by atoms with Crippen LogP contribution in [0.3, 0.4) is 0 Å². The average Bonchev–Trinajstić information content (AvgIpc) is 2.60. The number of halogens is 1. The van der Waals surface area contributed by atoms with Crippen LogP contribution in [0.15, 0.2) is 42.5 Å². The Morgan fingerprint density at radius 3 is 2.80 bits per heavy atom. The minimum absolute atomic E-state index is 0.0249. The number of likely N-dealkylation sites (tertiary alicyclic amines) is 1. The second-order valence-electron chi connectivity index (χ2n) is 6.97. The standard InChI is InChI=1S/C21H25ClN2O/c1-15-9-10-20(16(2)12-15)23-21(25)18-7-5-11-24(14-18)13-17-6-3-4-8-19(17)22/h3-4,6,8-10,12,18H,5,7,11,13-14H2,1-2H3,(H,23,25)/t18-/m1/s1. The Morgan fingerprint density at radius 2 is 2.04 bits per heavy atom. The predicted molar refractivity (Wildman–Crippen MR) is 104 cm³/mol. The lowest BCUT2D eigenvalue weighted by atomic mass is 9.96. The van der Waals surface area contributed by atoms with Crippen molar-refractivity contribution in [3.05, 3.63) is 64.2 Å². The van der Waals surface area contributed by atoms with Crippen molar-refractivity contribution >= 4 is 23.2 Å². The zero-order chi connectivity index (χ0) is 17.8. The molecule has 1 N–H and O–H groups in total. The van der Waals surface area contributed by atoms with Crippen LogP contribution >= 0.6 is 11.6 Å². The third kappa shape index (κ3) is 4.62. The average molecular weight is 357 g/mol. The molecule has 1 aliphatic rings. The fourth-order valence-corrected chi connectivity index (χ4v) is 3.66. The molecule has 0 radical (unpaired) electrons. The molecular formula is C21H25ClN2O. The molecule has 1 aliphatic heterocycles. The number of rotatable bonds is 4. The molecule has 0 spiro atoms. The zero-order valence-electron chi connectivity index (χ0n) is 14.9. The van der Waals surface area contributed by atoms with Gasteiger partial charge in [0.15, 0.2) is 0 Å². The number of hydrogen-bond acceptors (Lipinski definition) is 2. The molecule has 2 aromatic carbocycles. The van der Waals surface area contributed by atoms with Gasteiger partial charge in [0.1, 0.15) is 0 Å². The molecule has 1 amide bonds. The van der Waals surface area contributed by atoms with Gasteiger partial charge in [0.05, 0.1) is 5.92 Å². The smallest absolute Gasteiger partial charge is 0.228 e. The van der Waals surface area contributed by atoms with E-state index in [4.69, 9.17) is 11.6 Å². The van der Waals surface area contributed by atoms with E-state index in [-0.39, 0.29) is 11.8 Å². The summed E-state index contributed by atoms with van der Waals surface area (Å²) in [4.78, 5) is 15.0. The molecule has 0 saturated carbocycles. The van der Waals surface area contributed by atoms with Gasteiger partial charge in [0.2, 0.25) is 5.91 Å². The Morgan fingerprint density at radius 1 is 1.24 bits per heavy atom. The van der Waals surface area contributed by atoms with Gasteiger partial charge in [-0.2, -0.15) is 0 Å². The number of amides is 1. The minimum atomic E-state index is 0.0249. The van der Waals surface area contributed by atoms with Crippen molar-refractivity contribution in [2.24, 2.45) is 5.92 Å². The first-order chi connectivity index (χ1) is 12.0. The van der Waals surface area contributed by atoms with Gasteiger partial charge in [-0.25, -0.2) is 0 Å². The molecular weight excluding hydrogens is 332 g/mol. The summed E-state index contributed by atoms with van der Waals surface area (Å²) in [7, 11) is 0. The van der Waals surface area contributed by atoms with Gasteiger partial charge in [-0.1, -0.05) is 47.5 Å². The maximum absolute atomic E-state index is 12.7. The van der Waals surface area contributed by atoms with E-state index in [0.717, 1.165) is 54.3 Å². The molecule has 4 heteroatoms. The minimum Gasteiger partial charge on any atom is -0.326 e. The number of anilines is 1. The SMILES string of the molecule is Cc1ccc(NC(=O)[C@@H]2CCCN(Cc3ccccc3Cl)C2)c(C)c1. The summed E-state index contributed by atoms with van der Waals surface area (Å²) in [6.07, 6.45) is 1.98. The second-order valence-corrected chi connectivity index (χ2v) is 7.38. The molecule has 25 heavy (non-hydrogen) atoms. The van der Waals surface area contributed by atoms with Crippen molar-refractivity contribution in [1.82, 2.24) is 4.90 Å². The van der Waals surface area contributed by atoms with E-state index in [2.05, 4.69) is 29.3 Å². The maximum Gasteiger partial charge on any atom is 0.228 e. The molecule has 132 valence electrons. The van der Waals surface area contributed by atoms with Gasteiger partial charge in [-0.3, -0.25) is 9.69 Å². The molecule has 1 fully saturated rings. The lowest BCUT2D eigenvalue weighted by molar-refractivity contribution is -0.121. The van der Waals surface area contributed by atoms with Crippen LogP contribution in [0.4, 0.5) is 5.69 Å². The number of carbonyl (C=O) groups is 1. The van der Waals surface area contributed by atoms with Crippen LogP contribution in [0.25, 0.3) is 0 Å². The van der Waals surface area contributed by atoms with Crippen LogP contribution in [-0.2, 0) is 11.3 Å². The van der Waals surface area contributed by atoms with Gasteiger partial charge >= 0.3 is 0 Å². The number of hydrogen-bond donors (Lipinski definition) is 1. The Kier molecular flexibility index (Phi) is 5.77. The highest BCUT2D eigenvalue weighted by Gasteiger charge is 2.26. The lowest BCUT2D eigenvalue weighted by Gasteiger charge is -2.32. The van der Waals surface area contributed by atoms with Crippen LogP contribution in [0, 0.1) is 19.8 Å². The Balaban J connectivity index is 1.62. The lowest BCUT2D eigenvalue weighted by Crippen LogP contribution is -2.40. The topological polar surface area (TPSA) is 32.3 Å². The molecule has 1 atom stereocenters. The fraction of sp³-hybridized carbons (Fsp3) is 0.381. The Hall–Kier alpha value is -1.84. The highest BCUT2D eigenvalue weighted by Crippen LogP contribution is 2.24. The molecule has 0 aliphatic carbocycles. The van der Waals surface area contributed by atoms with Gasteiger partial charge in [0.25, 0.3) is 0 Å². The monoisotopic (exact) mass is 356 g/mol. The molecule has 2 aromatic rings. The van der Waals surface area contributed by atoms with Crippen LogP contribution < -0.4 is 5.32 Å². The number of nitrogens with zero attached hydrogens (tertiary/aromatic N) is 1. The number of carbonyl (C=O) groups excluding carboxylic acids is 1. The highest BCUT2D eigenvalue weighted by molar-refractivity contribution is 6.31. The number of aryl methyl sites for hydroxylation is 2. The molecule has 1 heterocycles. The first-order valence-electron chi connectivity index (χ1n) is 8.87. The van der Waals surface area contributed by atoms with Crippen molar-refractivity contribution in [3.8, 4) is 0 Å². The summed E-state index contributed by atoms with van der Waals surface area (Å²) in [5, 5.41) is 3.91. The van der Waals surface area contributed by atoms with Crippen molar-refractivity contribution in [1.29, 1.82) is 0 Å². The van der Waals surface area contributed by atoms with Gasteiger partial charge in [0, 0.05) is 23.8 Å². The van der Waals surface area contributed by atoms with Crippen molar-refractivity contribution in [2.75, 3.05) is 18.4 Å². The molecule has 0 unspecified atom stereocenters. The van der Waals surface area contributed by atoms with Crippen molar-refractivity contribution in [2.45, 2.75) is 33.2 Å². The fourth-order valence-electron chi connectivity index (χ4n) is 3.47. The Labute approximate surface area is 155 Å². The molecule has 3 rings (SSSR count). The largest absolute Gasteiger partial charge is 0.326 e. The van der Waals surface area contributed by atoms with Crippen molar-refractivity contribution < 1.29 is 4.79 Å². The van der Waals surface area contributed by atoms with E-state index in [9.17, 15) is 4.79 Å². The van der Waals surface area contributed by atoms with E-state index in [1.165, 1.54) is 5.56 Å². The van der Waals surface area contributed by atoms with Crippen molar-refractivity contribution in [3.63, 3.8) is 0 Å². The van der Waals surface area contributed by atoms with E-state index < -0.39 is 0 Å².